The molecule has 1 aromatic carbocycles. The lowest BCUT2D eigenvalue weighted by Gasteiger charge is -2.15. The van der Waals surface area contributed by atoms with E-state index in [1.54, 1.807) is 0 Å². The number of nitrogens with zero attached hydrogens (tertiary/aromatic N) is 2. The van der Waals surface area contributed by atoms with Crippen molar-refractivity contribution in [3.05, 3.63) is 65.6 Å². The Balaban J connectivity index is 1.62. The number of aromatic nitrogens is 3. The summed E-state index contributed by atoms with van der Waals surface area (Å²) in [6.07, 6.45) is 4.61. The van der Waals surface area contributed by atoms with E-state index in [9.17, 15) is 8.42 Å². The molecule has 3 aromatic rings. The van der Waals surface area contributed by atoms with Gasteiger partial charge in [-0.2, -0.15) is 13.5 Å². The molecule has 24 heavy (non-hydrogen) atoms. The average molecular weight is 341 g/mol. The Hall–Kier alpha value is -2.67. The number of aromatic amines is 1. The third kappa shape index (κ3) is 2.78. The van der Waals surface area contributed by atoms with E-state index >= 15 is 0 Å². The smallest absolute Gasteiger partial charge is 0.314 e. The molecule has 1 aliphatic rings. The van der Waals surface area contributed by atoms with Gasteiger partial charge in [0.25, 0.3) is 0 Å². The Bertz CT molecular complexity index is 981. The molecule has 1 aliphatic carbocycles. The Labute approximate surface area is 139 Å². The van der Waals surface area contributed by atoms with Gasteiger partial charge in [-0.1, -0.05) is 24.3 Å². The predicted molar refractivity (Wildman–Crippen MR) is 88.9 cm³/mol. The van der Waals surface area contributed by atoms with Crippen LogP contribution in [0, 0.1) is 0 Å². The number of aryl methyl sites for hydroxylation is 1. The summed E-state index contributed by atoms with van der Waals surface area (Å²) in [5.41, 5.74) is 4.68. The monoisotopic (exact) mass is 341 g/mol. The first kappa shape index (κ1) is 14.9. The molecule has 0 saturated heterocycles. The molecule has 0 aliphatic heterocycles. The van der Waals surface area contributed by atoms with E-state index in [-0.39, 0.29) is 11.5 Å². The molecule has 6 nitrogen and oxygen atoms in total. The van der Waals surface area contributed by atoms with Crippen LogP contribution in [-0.2, 0) is 28.7 Å². The summed E-state index contributed by atoms with van der Waals surface area (Å²) in [6, 6.07) is 11.1. The number of nitrogens with one attached hydrogen (secondary N) is 1. The fourth-order valence-electron chi connectivity index (χ4n) is 2.99. The molecule has 1 N–H and O–H groups in total. The first-order chi connectivity index (χ1) is 11.6. The molecule has 7 heteroatoms. The van der Waals surface area contributed by atoms with Crippen LogP contribution in [0.1, 0.15) is 16.8 Å². The van der Waals surface area contributed by atoms with Crippen molar-refractivity contribution in [3.8, 4) is 17.0 Å². The number of benzene rings is 1. The summed E-state index contributed by atoms with van der Waals surface area (Å²) < 4.78 is 29.7. The van der Waals surface area contributed by atoms with Crippen LogP contribution in [0.15, 0.2) is 48.8 Å². The van der Waals surface area contributed by atoms with Crippen molar-refractivity contribution in [2.45, 2.75) is 18.6 Å². The van der Waals surface area contributed by atoms with Gasteiger partial charge in [0.1, 0.15) is 11.5 Å². The van der Waals surface area contributed by atoms with Crippen LogP contribution in [-0.4, -0.2) is 23.6 Å². The number of fused-ring (bicyclic) bond motifs is 3. The number of rotatable bonds is 4. The van der Waals surface area contributed by atoms with E-state index < -0.39 is 10.1 Å². The third-order valence-corrected chi connectivity index (χ3v) is 5.15. The summed E-state index contributed by atoms with van der Waals surface area (Å²) in [6.45, 7) is 0. The molecule has 0 amide bonds. The van der Waals surface area contributed by atoms with E-state index in [1.807, 2.05) is 18.2 Å². The van der Waals surface area contributed by atoms with Crippen LogP contribution in [0.5, 0.6) is 5.75 Å². The fraction of sp³-hybridized carbons (Fsp3) is 0.176. The third-order valence-electron chi connectivity index (χ3n) is 4.06. The summed E-state index contributed by atoms with van der Waals surface area (Å²) in [5.74, 6) is 0.0172. The second-order valence-electron chi connectivity index (χ2n) is 5.65. The Morgan fingerprint density at radius 1 is 1.08 bits per heavy atom. The van der Waals surface area contributed by atoms with Gasteiger partial charge in [-0.25, -0.2) is 0 Å². The lowest BCUT2D eigenvalue weighted by atomic mass is 9.89. The number of pyridine rings is 1. The maximum atomic E-state index is 12.3. The molecule has 0 fully saturated rings. The standard InChI is InChI=1S/C17H15N3O3S/c21-24(22,23-13-7-9-18-10-8-13)11-16-15-6-5-12-3-1-2-4-14(12)17(15)20-19-16/h1-4,7-10H,5-6,11H2,(H,19,20). The zero-order chi connectivity index (χ0) is 16.6. The predicted octanol–water partition coefficient (Wildman–Crippen LogP) is 2.48. The molecule has 0 unspecified atom stereocenters. The highest BCUT2D eigenvalue weighted by atomic mass is 32.2. The van der Waals surface area contributed by atoms with Gasteiger partial charge in [-0.05, 0) is 18.4 Å². The zero-order valence-corrected chi connectivity index (χ0v) is 13.6. The van der Waals surface area contributed by atoms with Gasteiger partial charge in [0.2, 0.25) is 0 Å². The van der Waals surface area contributed by atoms with Gasteiger partial charge in [0.15, 0.2) is 0 Å². The molecule has 122 valence electrons. The van der Waals surface area contributed by atoms with Crippen LogP contribution < -0.4 is 4.18 Å². The minimum atomic E-state index is -3.77. The van der Waals surface area contributed by atoms with Crippen molar-refractivity contribution in [2.75, 3.05) is 0 Å². The number of hydrogen-bond acceptors (Lipinski definition) is 5. The normalized spacial score (nSPS) is 13.2. The highest BCUT2D eigenvalue weighted by molar-refractivity contribution is 7.86. The SMILES string of the molecule is O=S(=O)(Cc1[nH]nc2c1CCc1ccccc1-2)Oc1ccncc1. The maximum Gasteiger partial charge on any atom is 0.314 e. The van der Waals surface area contributed by atoms with Gasteiger partial charge in [-0.3, -0.25) is 10.1 Å². The van der Waals surface area contributed by atoms with Crippen molar-refractivity contribution < 1.29 is 12.6 Å². The van der Waals surface area contributed by atoms with Gasteiger partial charge in [0, 0.05) is 35.7 Å². The summed E-state index contributed by atoms with van der Waals surface area (Å²) in [5, 5.41) is 7.21. The minimum absolute atomic E-state index is 0.236. The van der Waals surface area contributed by atoms with Crippen LogP contribution in [0.2, 0.25) is 0 Å². The summed E-state index contributed by atoms with van der Waals surface area (Å²) in [7, 11) is -3.77. The van der Waals surface area contributed by atoms with Crippen LogP contribution in [0.3, 0.4) is 0 Å². The second kappa shape index (κ2) is 5.76. The second-order valence-corrected chi connectivity index (χ2v) is 7.23. The summed E-state index contributed by atoms with van der Waals surface area (Å²) in [4.78, 5) is 3.84. The van der Waals surface area contributed by atoms with Gasteiger partial charge >= 0.3 is 10.1 Å². The van der Waals surface area contributed by atoms with Crippen LogP contribution in [0.25, 0.3) is 11.3 Å². The topological polar surface area (TPSA) is 84.9 Å². The number of hydrogen-bond donors (Lipinski definition) is 1. The van der Waals surface area contributed by atoms with E-state index in [2.05, 4.69) is 21.2 Å². The highest BCUT2D eigenvalue weighted by Crippen LogP contribution is 2.33. The van der Waals surface area contributed by atoms with Crippen molar-refractivity contribution in [3.63, 3.8) is 0 Å². The molecule has 0 spiro atoms. The lowest BCUT2D eigenvalue weighted by Crippen LogP contribution is -2.14. The van der Waals surface area contributed by atoms with Gasteiger partial charge in [0.05, 0.1) is 11.4 Å². The Kier molecular flexibility index (Phi) is 3.57. The molecule has 0 radical (unpaired) electrons. The molecular formula is C17H15N3O3S. The van der Waals surface area contributed by atoms with E-state index in [1.165, 1.54) is 30.1 Å². The van der Waals surface area contributed by atoms with Crippen molar-refractivity contribution in [2.24, 2.45) is 0 Å². The van der Waals surface area contributed by atoms with Crippen LogP contribution >= 0.6 is 0 Å². The van der Waals surface area contributed by atoms with Gasteiger partial charge < -0.3 is 4.18 Å². The zero-order valence-electron chi connectivity index (χ0n) is 12.8. The van der Waals surface area contributed by atoms with Crippen molar-refractivity contribution in [1.29, 1.82) is 0 Å². The molecular weight excluding hydrogens is 326 g/mol. The molecule has 2 heterocycles. The minimum Gasteiger partial charge on any atom is -0.382 e. The first-order valence-electron chi connectivity index (χ1n) is 7.59. The van der Waals surface area contributed by atoms with Crippen LogP contribution in [0.4, 0.5) is 0 Å². The summed E-state index contributed by atoms with van der Waals surface area (Å²) >= 11 is 0. The van der Waals surface area contributed by atoms with E-state index in [0.29, 0.717) is 5.69 Å². The van der Waals surface area contributed by atoms with Crippen molar-refractivity contribution in [1.82, 2.24) is 15.2 Å². The Morgan fingerprint density at radius 3 is 2.71 bits per heavy atom. The largest absolute Gasteiger partial charge is 0.382 e. The quantitative estimate of drug-likeness (QED) is 0.737. The molecule has 0 bridgehead atoms. The first-order valence-corrected chi connectivity index (χ1v) is 9.17. The van der Waals surface area contributed by atoms with Gasteiger partial charge in [-0.15, -0.1) is 0 Å². The average Bonchev–Trinajstić information content (AvgIpc) is 2.98. The Morgan fingerprint density at radius 2 is 1.88 bits per heavy atom. The molecule has 0 saturated carbocycles. The van der Waals surface area contributed by atoms with E-state index in [0.717, 1.165) is 29.7 Å². The van der Waals surface area contributed by atoms with E-state index in [4.69, 9.17) is 4.18 Å². The highest BCUT2D eigenvalue weighted by Gasteiger charge is 2.25. The number of H-pyrrole nitrogens is 1. The molecule has 2 aromatic heterocycles. The molecule has 0 atom stereocenters. The lowest BCUT2D eigenvalue weighted by molar-refractivity contribution is 0.484. The maximum absolute atomic E-state index is 12.3. The molecule has 4 rings (SSSR count). The fourth-order valence-corrected chi connectivity index (χ4v) is 4.04. The van der Waals surface area contributed by atoms with Crippen molar-refractivity contribution >= 4 is 10.1 Å².